The lowest BCUT2D eigenvalue weighted by Crippen LogP contribution is -1.89. The predicted molar refractivity (Wildman–Crippen MR) is 169 cm³/mol. The summed E-state index contributed by atoms with van der Waals surface area (Å²) in [7, 11) is 1.70. The van der Waals surface area contributed by atoms with Crippen molar-refractivity contribution in [3.05, 3.63) is 78.5 Å². The molecule has 0 atom stereocenters. The van der Waals surface area contributed by atoms with E-state index in [0.717, 1.165) is 5.75 Å². The number of rotatable bonds is 2. The van der Waals surface area contributed by atoms with Crippen LogP contribution in [0.1, 0.15) is 27.8 Å². The van der Waals surface area contributed by atoms with Crippen LogP contribution in [0.25, 0.3) is 0 Å². The van der Waals surface area contributed by atoms with Crippen LogP contribution in [0, 0.1) is 42.0 Å². The van der Waals surface area contributed by atoms with Crippen LogP contribution in [0.3, 0.4) is 0 Å². The fraction of sp³-hybridized carbons (Fsp3) is 0.250. The van der Waals surface area contributed by atoms with E-state index in [-0.39, 0.29) is 11.5 Å². The molecule has 3 aromatic carbocycles. The lowest BCUT2D eigenvalue weighted by molar-refractivity contribution is 0.411. The van der Waals surface area contributed by atoms with E-state index in [2.05, 4.69) is 97.1 Å². The monoisotopic (exact) mass is 904 g/mol. The van der Waals surface area contributed by atoms with Gasteiger partial charge in [0.1, 0.15) is 17.2 Å². The Labute approximate surface area is 250 Å². The number of ether oxygens (including phenoxy) is 1. The average molecular weight is 905 g/mol. The Kier molecular flexibility index (Phi) is 13.8. The average Bonchev–Trinajstić information content (AvgIpc) is 2.73. The number of halogens is 5. The fourth-order valence-electron chi connectivity index (χ4n) is 2.51. The molecular formula is C24H25ClI4O3. The van der Waals surface area contributed by atoms with Crippen LogP contribution >= 0.6 is 102 Å². The van der Waals surface area contributed by atoms with Crippen LogP contribution in [-0.4, -0.2) is 17.3 Å². The lowest BCUT2D eigenvalue weighted by atomic mass is 10.0. The third kappa shape index (κ3) is 9.49. The molecule has 0 spiro atoms. The van der Waals surface area contributed by atoms with Crippen LogP contribution in [0.4, 0.5) is 0 Å². The van der Waals surface area contributed by atoms with E-state index >= 15 is 0 Å². The highest BCUT2D eigenvalue weighted by Gasteiger charge is 2.03. The van der Waals surface area contributed by atoms with Gasteiger partial charge >= 0.3 is 0 Å². The van der Waals surface area contributed by atoms with Gasteiger partial charge in [-0.1, -0.05) is 12.1 Å². The number of aryl methyl sites for hydroxylation is 3. The Bertz CT molecular complexity index is 998. The van der Waals surface area contributed by atoms with Crippen LogP contribution in [0.15, 0.2) is 36.4 Å². The van der Waals surface area contributed by atoms with Crippen molar-refractivity contribution in [1.82, 2.24) is 0 Å². The maximum atomic E-state index is 9.10. The van der Waals surface area contributed by atoms with Crippen LogP contribution in [0.2, 0.25) is 0 Å². The number of benzene rings is 3. The van der Waals surface area contributed by atoms with Crippen molar-refractivity contribution in [2.24, 2.45) is 0 Å². The van der Waals surface area contributed by atoms with E-state index in [0.29, 0.717) is 13.0 Å². The zero-order chi connectivity index (χ0) is 24.6. The Morgan fingerprint density at radius 2 is 1.16 bits per heavy atom. The SMILES string of the molecule is COc1cc(I)c(C)cc1I.Cc1cc(CCl)cc(C)c1C.Oc1cc(I)c(O)cc1I. The third-order valence-electron chi connectivity index (χ3n) is 4.59. The number of phenolic OH excluding ortho intramolecular Hbond substituents is 2. The maximum Gasteiger partial charge on any atom is 0.133 e. The molecule has 2 N–H and O–H groups in total. The zero-order valence-electron chi connectivity index (χ0n) is 18.4. The molecule has 0 unspecified atom stereocenters. The molecule has 32 heavy (non-hydrogen) atoms. The second kappa shape index (κ2) is 14.6. The summed E-state index contributed by atoms with van der Waals surface area (Å²) >= 11 is 14.2. The third-order valence-corrected chi connectivity index (χ3v) is 8.63. The van der Waals surface area contributed by atoms with E-state index in [1.54, 1.807) is 7.11 Å². The first kappa shape index (κ1) is 30.3. The molecular weight excluding hydrogens is 879 g/mol. The molecule has 0 saturated carbocycles. The van der Waals surface area contributed by atoms with Gasteiger partial charge in [-0.15, -0.1) is 11.6 Å². The minimum absolute atomic E-state index is 0.211. The van der Waals surface area contributed by atoms with Gasteiger partial charge in [0.15, 0.2) is 0 Å². The van der Waals surface area contributed by atoms with Gasteiger partial charge in [0.2, 0.25) is 0 Å². The van der Waals surface area contributed by atoms with Crippen molar-refractivity contribution < 1.29 is 14.9 Å². The molecule has 0 heterocycles. The summed E-state index contributed by atoms with van der Waals surface area (Å²) in [6.07, 6.45) is 0. The van der Waals surface area contributed by atoms with Gasteiger partial charge in [0.05, 0.1) is 17.8 Å². The molecule has 3 nitrogen and oxygen atoms in total. The van der Waals surface area contributed by atoms with Gasteiger partial charge in [-0.05, 0) is 170 Å². The molecule has 0 aromatic heterocycles. The molecule has 0 radical (unpaired) electrons. The van der Waals surface area contributed by atoms with Crippen molar-refractivity contribution in [3.8, 4) is 17.2 Å². The first-order chi connectivity index (χ1) is 14.9. The van der Waals surface area contributed by atoms with Gasteiger partial charge < -0.3 is 14.9 Å². The van der Waals surface area contributed by atoms with Crippen LogP contribution in [-0.2, 0) is 5.88 Å². The molecule has 0 aliphatic heterocycles. The van der Waals surface area contributed by atoms with Crippen molar-refractivity contribution >= 4 is 102 Å². The highest BCUT2D eigenvalue weighted by atomic mass is 127. The largest absolute Gasteiger partial charge is 0.507 e. The molecule has 0 aliphatic rings. The fourth-order valence-corrected chi connectivity index (χ4v) is 4.85. The molecule has 8 heteroatoms. The highest BCUT2D eigenvalue weighted by molar-refractivity contribution is 14.1. The Balaban J connectivity index is 0.000000240. The highest BCUT2D eigenvalue weighted by Crippen LogP contribution is 2.29. The number of aromatic hydroxyl groups is 2. The Hall–Kier alpha value is 0.270. The van der Waals surface area contributed by atoms with E-state index in [9.17, 15) is 0 Å². The molecule has 0 fully saturated rings. The van der Waals surface area contributed by atoms with Crippen molar-refractivity contribution in [3.63, 3.8) is 0 Å². The normalized spacial score (nSPS) is 9.94. The standard InChI is InChI=1S/C10H13Cl.C8H8I2O.C6H4I2O2/c1-7-4-10(6-11)5-8(2)9(7)3;1-5-3-7(10)8(11-2)4-6(5)9;7-3-1-5(9)4(8)2-6(3)10/h4-5H,6H2,1-3H3;3-4H,1-2H3;1-2,9-10H. The predicted octanol–water partition coefficient (Wildman–Crippen LogP) is 8.87. The Morgan fingerprint density at radius 1 is 0.688 bits per heavy atom. The summed E-state index contributed by atoms with van der Waals surface area (Å²) in [5, 5.41) is 18.2. The van der Waals surface area contributed by atoms with Gasteiger partial charge in [0.25, 0.3) is 0 Å². The smallest absolute Gasteiger partial charge is 0.133 e. The molecule has 0 amide bonds. The lowest BCUT2D eigenvalue weighted by Gasteiger charge is -2.06. The number of hydrogen-bond donors (Lipinski definition) is 2. The minimum atomic E-state index is 0.211. The summed E-state index contributed by atoms with van der Waals surface area (Å²) in [6.45, 7) is 8.49. The van der Waals surface area contributed by atoms with E-state index < -0.39 is 0 Å². The topological polar surface area (TPSA) is 49.7 Å². The molecule has 3 aromatic rings. The summed E-state index contributed by atoms with van der Waals surface area (Å²) in [6, 6.07) is 11.5. The number of phenols is 2. The van der Waals surface area contributed by atoms with Crippen molar-refractivity contribution in [2.45, 2.75) is 33.6 Å². The van der Waals surface area contributed by atoms with Crippen LogP contribution in [0.5, 0.6) is 17.2 Å². The number of hydrogen-bond acceptors (Lipinski definition) is 3. The zero-order valence-corrected chi connectivity index (χ0v) is 27.7. The first-order valence-electron chi connectivity index (χ1n) is 9.40. The molecule has 174 valence electrons. The second-order valence-corrected chi connectivity index (χ2v) is 11.9. The molecule has 3 rings (SSSR count). The first-order valence-corrected chi connectivity index (χ1v) is 14.2. The van der Waals surface area contributed by atoms with E-state index in [1.807, 2.05) is 45.2 Å². The maximum absolute atomic E-state index is 9.10. The van der Waals surface area contributed by atoms with Crippen molar-refractivity contribution in [2.75, 3.05) is 7.11 Å². The van der Waals surface area contributed by atoms with E-state index in [1.165, 1.54) is 47.1 Å². The van der Waals surface area contributed by atoms with Gasteiger partial charge in [-0.2, -0.15) is 0 Å². The number of alkyl halides is 1. The quantitative estimate of drug-likeness (QED) is 0.154. The number of methoxy groups -OCH3 is 1. The Morgan fingerprint density at radius 3 is 1.56 bits per heavy atom. The van der Waals surface area contributed by atoms with Crippen molar-refractivity contribution in [1.29, 1.82) is 0 Å². The van der Waals surface area contributed by atoms with Gasteiger partial charge in [0, 0.05) is 9.45 Å². The second-order valence-electron chi connectivity index (χ2n) is 6.98. The summed E-state index contributed by atoms with van der Waals surface area (Å²) in [4.78, 5) is 0. The van der Waals surface area contributed by atoms with Gasteiger partial charge in [-0.25, -0.2) is 0 Å². The van der Waals surface area contributed by atoms with Gasteiger partial charge in [-0.3, -0.25) is 0 Å². The molecule has 0 aliphatic carbocycles. The van der Waals surface area contributed by atoms with E-state index in [4.69, 9.17) is 26.6 Å². The summed E-state index contributed by atoms with van der Waals surface area (Å²) < 4.78 is 8.91. The van der Waals surface area contributed by atoms with Crippen LogP contribution < -0.4 is 4.74 Å². The summed E-state index contributed by atoms with van der Waals surface area (Å²) in [5.74, 6) is 1.99. The minimum Gasteiger partial charge on any atom is -0.507 e. The molecule has 0 saturated heterocycles. The molecule has 0 bridgehead atoms. The summed E-state index contributed by atoms with van der Waals surface area (Å²) in [5.41, 5.74) is 6.56.